The van der Waals surface area contributed by atoms with Gasteiger partial charge in [-0.15, -0.1) is 0 Å². The highest BCUT2D eigenvalue weighted by atomic mass is 19.4. The lowest BCUT2D eigenvalue weighted by molar-refractivity contribution is -0.198. The second kappa shape index (κ2) is 3.91. The molecule has 1 N–H and O–H groups in total. The van der Waals surface area contributed by atoms with Crippen LogP contribution in [0.15, 0.2) is 24.3 Å². The highest BCUT2D eigenvalue weighted by Gasteiger charge is 2.70. The summed E-state index contributed by atoms with van der Waals surface area (Å²) in [4.78, 5) is 0. The van der Waals surface area contributed by atoms with Crippen molar-refractivity contribution in [3.63, 3.8) is 0 Å². The van der Waals surface area contributed by atoms with Crippen LogP contribution in [0.25, 0.3) is 0 Å². The van der Waals surface area contributed by atoms with Gasteiger partial charge in [0.1, 0.15) is 5.75 Å². The van der Waals surface area contributed by atoms with Crippen molar-refractivity contribution in [3.8, 4) is 5.75 Å². The molecular formula is C12H13F3O2. The normalized spacial score (nSPS) is 27.9. The van der Waals surface area contributed by atoms with Gasteiger partial charge in [0.25, 0.3) is 0 Å². The second-order valence-corrected chi connectivity index (χ2v) is 4.34. The number of methoxy groups -OCH3 is 1. The van der Waals surface area contributed by atoms with Crippen LogP contribution >= 0.6 is 0 Å². The number of rotatable bonds is 3. The third-order valence-electron chi connectivity index (χ3n) is 3.44. The van der Waals surface area contributed by atoms with Gasteiger partial charge in [0.2, 0.25) is 0 Å². The Morgan fingerprint density at radius 1 is 1.35 bits per heavy atom. The van der Waals surface area contributed by atoms with Crippen LogP contribution in [0.1, 0.15) is 17.9 Å². The summed E-state index contributed by atoms with van der Waals surface area (Å²) in [6, 6.07) is 6.50. The molecule has 17 heavy (non-hydrogen) atoms. The van der Waals surface area contributed by atoms with E-state index in [1.54, 1.807) is 24.3 Å². The molecule has 0 aliphatic heterocycles. The number of aliphatic hydroxyl groups is 1. The maximum atomic E-state index is 12.8. The molecule has 1 saturated carbocycles. The van der Waals surface area contributed by atoms with Gasteiger partial charge in [-0.2, -0.15) is 13.2 Å². The van der Waals surface area contributed by atoms with E-state index in [9.17, 15) is 13.2 Å². The summed E-state index contributed by atoms with van der Waals surface area (Å²) < 4.78 is 43.3. The van der Waals surface area contributed by atoms with Crippen molar-refractivity contribution in [3.05, 3.63) is 29.8 Å². The molecule has 0 spiro atoms. The fourth-order valence-electron chi connectivity index (χ4n) is 2.16. The number of hydrogen-bond acceptors (Lipinski definition) is 2. The molecule has 0 radical (unpaired) electrons. The molecule has 1 aliphatic rings. The van der Waals surface area contributed by atoms with Crippen molar-refractivity contribution in [2.75, 3.05) is 13.7 Å². The van der Waals surface area contributed by atoms with Crippen LogP contribution in [0.4, 0.5) is 13.2 Å². The van der Waals surface area contributed by atoms with Gasteiger partial charge in [0.15, 0.2) is 0 Å². The maximum Gasteiger partial charge on any atom is 0.397 e. The van der Waals surface area contributed by atoms with E-state index in [1.165, 1.54) is 7.11 Å². The molecule has 1 aromatic carbocycles. The minimum absolute atomic E-state index is 0.0423. The molecule has 1 aromatic rings. The third kappa shape index (κ3) is 1.88. The zero-order valence-electron chi connectivity index (χ0n) is 9.29. The van der Waals surface area contributed by atoms with E-state index in [2.05, 4.69) is 0 Å². The zero-order valence-corrected chi connectivity index (χ0v) is 9.29. The van der Waals surface area contributed by atoms with Crippen molar-refractivity contribution in [2.45, 2.75) is 18.5 Å². The quantitative estimate of drug-likeness (QED) is 0.888. The first-order valence-corrected chi connectivity index (χ1v) is 5.26. The number of hydrogen-bond donors (Lipinski definition) is 1. The summed E-state index contributed by atoms with van der Waals surface area (Å²) in [5.74, 6) is -0.0330. The molecule has 0 heterocycles. The third-order valence-corrected chi connectivity index (χ3v) is 3.44. The molecule has 2 nitrogen and oxygen atoms in total. The van der Waals surface area contributed by atoms with Crippen LogP contribution in [-0.2, 0) is 0 Å². The van der Waals surface area contributed by atoms with Crippen LogP contribution in [0.2, 0.25) is 0 Å². The first-order valence-electron chi connectivity index (χ1n) is 5.26. The van der Waals surface area contributed by atoms with E-state index in [4.69, 9.17) is 9.84 Å². The lowest BCUT2D eigenvalue weighted by Crippen LogP contribution is -2.29. The van der Waals surface area contributed by atoms with Gasteiger partial charge in [-0.05, 0) is 24.1 Å². The van der Waals surface area contributed by atoms with E-state index in [0.717, 1.165) is 0 Å². The summed E-state index contributed by atoms with van der Waals surface area (Å²) in [6.45, 7) is -0.854. The van der Waals surface area contributed by atoms with Crippen LogP contribution in [0, 0.1) is 5.41 Å². The average Bonchev–Trinajstić information content (AvgIpc) is 3.04. The van der Waals surface area contributed by atoms with Gasteiger partial charge >= 0.3 is 6.18 Å². The monoisotopic (exact) mass is 246 g/mol. The first kappa shape index (κ1) is 12.2. The summed E-state index contributed by atoms with van der Waals surface area (Å²) in [5, 5.41) is 8.98. The standard InChI is InChI=1S/C12H13F3O2/c1-17-9-4-2-8(3-5-9)10-6-11(10,7-16)12(13,14)15/h2-5,10,16H,6-7H2,1H3/t10-,11+/m1/s1. The van der Waals surface area contributed by atoms with E-state index < -0.39 is 24.1 Å². The zero-order chi connectivity index (χ0) is 12.7. The average molecular weight is 246 g/mol. The molecule has 2 rings (SSSR count). The Bertz CT molecular complexity index is 399. The van der Waals surface area contributed by atoms with Crippen LogP contribution in [-0.4, -0.2) is 25.0 Å². The summed E-state index contributed by atoms with van der Waals surface area (Å²) in [5.41, 5.74) is -1.35. The van der Waals surface area contributed by atoms with E-state index in [1.807, 2.05) is 0 Å². The summed E-state index contributed by atoms with van der Waals surface area (Å²) in [7, 11) is 1.50. The minimum atomic E-state index is -4.35. The highest BCUT2D eigenvalue weighted by molar-refractivity contribution is 5.35. The molecule has 0 amide bonds. The minimum Gasteiger partial charge on any atom is -0.497 e. The van der Waals surface area contributed by atoms with Crippen molar-refractivity contribution in [2.24, 2.45) is 5.41 Å². The van der Waals surface area contributed by atoms with Crippen LogP contribution < -0.4 is 4.74 Å². The number of aliphatic hydroxyl groups excluding tert-OH is 1. The predicted molar refractivity (Wildman–Crippen MR) is 55.9 cm³/mol. The molecular weight excluding hydrogens is 233 g/mol. The van der Waals surface area contributed by atoms with Crippen molar-refractivity contribution in [1.29, 1.82) is 0 Å². The lowest BCUT2D eigenvalue weighted by atomic mass is 9.99. The summed E-state index contributed by atoms with van der Waals surface area (Å²) >= 11 is 0. The Hall–Kier alpha value is -1.23. The van der Waals surface area contributed by atoms with Gasteiger partial charge in [0.05, 0.1) is 19.1 Å². The number of halogens is 3. The molecule has 1 aliphatic carbocycles. The van der Waals surface area contributed by atoms with E-state index >= 15 is 0 Å². The summed E-state index contributed by atoms with van der Waals surface area (Å²) in [6.07, 6.45) is -4.40. The molecule has 1 fully saturated rings. The Kier molecular flexibility index (Phi) is 2.81. The Labute approximate surface area is 97.0 Å². The van der Waals surface area contributed by atoms with Crippen molar-refractivity contribution in [1.82, 2.24) is 0 Å². The molecule has 5 heteroatoms. The van der Waals surface area contributed by atoms with Gasteiger partial charge < -0.3 is 9.84 Å². The first-order chi connectivity index (χ1) is 7.94. The number of ether oxygens (including phenoxy) is 1. The molecule has 0 aromatic heterocycles. The number of alkyl halides is 3. The highest BCUT2D eigenvalue weighted by Crippen LogP contribution is 2.67. The van der Waals surface area contributed by atoms with Crippen molar-refractivity contribution >= 4 is 0 Å². The Balaban J connectivity index is 2.21. The van der Waals surface area contributed by atoms with Crippen LogP contribution in [0.3, 0.4) is 0 Å². The smallest absolute Gasteiger partial charge is 0.397 e. The van der Waals surface area contributed by atoms with Crippen LogP contribution in [0.5, 0.6) is 5.75 Å². The Morgan fingerprint density at radius 3 is 2.29 bits per heavy atom. The lowest BCUT2D eigenvalue weighted by Gasteiger charge is -2.18. The van der Waals surface area contributed by atoms with Crippen molar-refractivity contribution < 1.29 is 23.0 Å². The van der Waals surface area contributed by atoms with E-state index in [0.29, 0.717) is 11.3 Å². The van der Waals surface area contributed by atoms with Gasteiger partial charge in [-0.25, -0.2) is 0 Å². The fraction of sp³-hybridized carbons (Fsp3) is 0.500. The van der Waals surface area contributed by atoms with Gasteiger partial charge in [-0.3, -0.25) is 0 Å². The molecule has 2 atom stereocenters. The SMILES string of the molecule is COc1ccc([C@H]2C[C@@]2(CO)C(F)(F)F)cc1. The maximum absolute atomic E-state index is 12.8. The van der Waals surface area contributed by atoms with Gasteiger partial charge in [0, 0.05) is 5.92 Å². The molecule has 94 valence electrons. The van der Waals surface area contributed by atoms with Gasteiger partial charge in [-0.1, -0.05) is 12.1 Å². The molecule has 0 bridgehead atoms. The Morgan fingerprint density at radius 2 is 1.94 bits per heavy atom. The predicted octanol–water partition coefficient (Wildman–Crippen LogP) is 2.72. The largest absolute Gasteiger partial charge is 0.497 e. The number of benzene rings is 1. The topological polar surface area (TPSA) is 29.5 Å². The van der Waals surface area contributed by atoms with E-state index in [-0.39, 0.29) is 6.42 Å². The molecule has 0 unspecified atom stereocenters. The second-order valence-electron chi connectivity index (χ2n) is 4.34. The fourth-order valence-corrected chi connectivity index (χ4v) is 2.16. The molecule has 0 saturated heterocycles.